The predicted octanol–water partition coefficient (Wildman–Crippen LogP) is 3.17. The van der Waals surface area contributed by atoms with Crippen molar-refractivity contribution in [2.75, 3.05) is 19.8 Å². The first-order valence-electron chi connectivity index (χ1n) is 7.82. The molecule has 4 nitrogen and oxygen atoms in total. The van der Waals surface area contributed by atoms with E-state index in [4.69, 9.17) is 19.9 Å². The SMILES string of the molecule is CCOc1cc(CC(N)CC)ccc1OCCOC(C)C. The molecule has 1 atom stereocenters. The molecule has 0 aromatic heterocycles. The van der Waals surface area contributed by atoms with Crippen molar-refractivity contribution >= 4 is 0 Å². The molecule has 0 bridgehead atoms. The number of benzene rings is 1. The van der Waals surface area contributed by atoms with E-state index in [0.717, 1.165) is 24.3 Å². The smallest absolute Gasteiger partial charge is 0.161 e. The molecule has 0 heterocycles. The average Bonchev–Trinajstić information content (AvgIpc) is 2.45. The van der Waals surface area contributed by atoms with Crippen molar-refractivity contribution < 1.29 is 14.2 Å². The van der Waals surface area contributed by atoms with Crippen LogP contribution < -0.4 is 15.2 Å². The largest absolute Gasteiger partial charge is 0.490 e. The van der Waals surface area contributed by atoms with Gasteiger partial charge in [0.05, 0.1) is 19.3 Å². The summed E-state index contributed by atoms with van der Waals surface area (Å²) in [4.78, 5) is 0. The third-order valence-electron chi connectivity index (χ3n) is 3.12. The van der Waals surface area contributed by atoms with Crippen LogP contribution in [0.3, 0.4) is 0 Å². The molecule has 0 saturated heterocycles. The molecule has 0 spiro atoms. The van der Waals surface area contributed by atoms with E-state index in [1.807, 2.05) is 32.9 Å². The van der Waals surface area contributed by atoms with Crippen LogP contribution in [0.25, 0.3) is 0 Å². The second-order valence-electron chi connectivity index (χ2n) is 5.35. The standard InChI is InChI=1S/C17H29NO3/c1-5-15(18)11-14-7-8-16(17(12-14)19-6-2)21-10-9-20-13(3)4/h7-8,12-13,15H,5-6,9-11,18H2,1-4H3. The van der Waals surface area contributed by atoms with Crippen molar-refractivity contribution in [2.45, 2.75) is 52.7 Å². The lowest BCUT2D eigenvalue weighted by atomic mass is 10.0. The molecule has 0 aliphatic carbocycles. The van der Waals surface area contributed by atoms with Crippen molar-refractivity contribution in [2.24, 2.45) is 5.73 Å². The van der Waals surface area contributed by atoms with Crippen LogP contribution in [-0.2, 0) is 11.2 Å². The van der Waals surface area contributed by atoms with Crippen molar-refractivity contribution in [1.82, 2.24) is 0 Å². The summed E-state index contributed by atoms with van der Waals surface area (Å²) in [5.74, 6) is 1.54. The van der Waals surface area contributed by atoms with Gasteiger partial charge in [-0.25, -0.2) is 0 Å². The minimum Gasteiger partial charge on any atom is -0.490 e. The van der Waals surface area contributed by atoms with Gasteiger partial charge in [0.25, 0.3) is 0 Å². The molecule has 4 heteroatoms. The lowest BCUT2D eigenvalue weighted by molar-refractivity contribution is 0.0545. The molecule has 1 aromatic rings. The van der Waals surface area contributed by atoms with Crippen LogP contribution in [0.5, 0.6) is 11.5 Å². The van der Waals surface area contributed by atoms with Crippen LogP contribution in [0.1, 0.15) is 39.7 Å². The fourth-order valence-corrected chi connectivity index (χ4v) is 1.95. The highest BCUT2D eigenvalue weighted by atomic mass is 16.5. The first kappa shape index (κ1) is 17.8. The van der Waals surface area contributed by atoms with Gasteiger partial charge in [0.2, 0.25) is 0 Å². The molecule has 1 rings (SSSR count). The zero-order valence-electron chi connectivity index (χ0n) is 13.7. The summed E-state index contributed by atoms with van der Waals surface area (Å²) in [7, 11) is 0. The first-order valence-corrected chi connectivity index (χ1v) is 7.82. The summed E-state index contributed by atoms with van der Waals surface area (Å²) in [5.41, 5.74) is 7.18. The molecule has 0 radical (unpaired) electrons. The van der Waals surface area contributed by atoms with Crippen molar-refractivity contribution in [1.29, 1.82) is 0 Å². The quantitative estimate of drug-likeness (QED) is 0.674. The van der Waals surface area contributed by atoms with E-state index in [1.165, 1.54) is 5.56 Å². The van der Waals surface area contributed by atoms with Crippen LogP contribution in [0.4, 0.5) is 0 Å². The molecule has 1 aromatic carbocycles. The van der Waals surface area contributed by atoms with E-state index >= 15 is 0 Å². The van der Waals surface area contributed by atoms with Gasteiger partial charge in [0.1, 0.15) is 6.61 Å². The Hall–Kier alpha value is -1.26. The maximum Gasteiger partial charge on any atom is 0.161 e. The second-order valence-corrected chi connectivity index (χ2v) is 5.35. The van der Waals surface area contributed by atoms with Crippen LogP contribution in [0.15, 0.2) is 18.2 Å². The molecule has 120 valence electrons. The van der Waals surface area contributed by atoms with Gasteiger partial charge in [-0.15, -0.1) is 0 Å². The summed E-state index contributed by atoms with van der Waals surface area (Å²) in [6.45, 7) is 9.80. The summed E-state index contributed by atoms with van der Waals surface area (Å²) in [6.07, 6.45) is 2.04. The van der Waals surface area contributed by atoms with Crippen LogP contribution in [-0.4, -0.2) is 32.0 Å². The fourth-order valence-electron chi connectivity index (χ4n) is 1.95. The zero-order chi connectivity index (χ0) is 15.7. The van der Waals surface area contributed by atoms with Gasteiger partial charge in [-0.1, -0.05) is 13.0 Å². The van der Waals surface area contributed by atoms with Crippen molar-refractivity contribution in [3.05, 3.63) is 23.8 Å². The molecule has 21 heavy (non-hydrogen) atoms. The third-order valence-corrected chi connectivity index (χ3v) is 3.12. The Balaban J connectivity index is 2.65. The second kappa shape index (κ2) is 9.64. The van der Waals surface area contributed by atoms with Gasteiger partial charge in [-0.2, -0.15) is 0 Å². The maximum absolute atomic E-state index is 6.00. The normalized spacial score (nSPS) is 12.5. The van der Waals surface area contributed by atoms with E-state index < -0.39 is 0 Å². The predicted molar refractivity (Wildman–Crippen MR) is 86.2 cm³/mol. The van der Waals surface area contributed by atoms with Crippen molar-refractivity contribution in [3.8, 4) is 11.5 Å². The van der Waals surface area contributed by atoms with Gasteiger partial charge in [0.15, 0.2) is 11.5 Å². The Morgan fingerprint density at radius 3 is 2.43 bits per heavy atom. The lowest BCUT2D eigenvalue weighted by Gasteiger charge is -2.15. The zero-order valence-corrected chi connectivity index (χ0v) is 13.7. The van der Waals surface area contributed by atoms with E-state index in [9.17, 15) is 0 Å². The third kappa shape index (κ3) is 6.82. The Kier molecular flexibility index (Phi) is 8.16. The highest BCUT2D eigenvalue weighted by Crippen LogP contribution is 2.29. The molecule has 1 unspecified atom stereocenters. The summed E-state index contributed by atoms with van der Waals surface area (Å²) < 4.78 is 16.9. The molecule has 0 saturated carbocycles. The van der Waals surface area contributed by atoms with Crippen LogP contribution in [0, 0.1) is 0 Å². The number of rotatable bonds is 10. The monoisotopic (exact) mass is 295 g/mol. The lowest BCUT2D eigenvalue weighted by Crippen LogP contribution is -2.21. The van der Waals surface area contributed by atoms with Gasteiger partial charge >= 0.3 is 0 Å². The number of ether oxygens (including phenoxy) is 3. The van der Waals surface area contributed by atoms with Gasteiger partial charge in [-0.3, -0.25) is 0 Å². The molecule has 0 aliphatic heterocycles. The highest BCUT2D eigenvalue weighted by molar-refractivity contribution is 5.43. The molecular weight excluding hydrogens is 266 g/mol. The number of nitrogens with two attached hydrogens (primary N) is 1. The Morgan fingerprint density at radius 2 is 1.81 bits per heavy atom. The van der Waals surface area contributed by atoms with Gasteiger partial charge in [-0.05, 0) is 51.3 Å². The van der Waals surface area contributed by atoms with Crippen LogP contribution in [0.2, 0.25) is 0 Å². The maximum atomic E-state index is 6.00. The van der Waals surface area contributed by atoms with Gasteiger partial charge in [0, 0.05) is 6.04 Å². The summed E-state index contributed by atoms with van der Waals surface area (Å²) >= 11 is 0. The number of hydrogen-bond acceptors (Lipinski definition) is 4. The Bertz CT molecular complexity index is 407. The van der Waals surface area contributed by atoms with Crippen LogP contribution >= 0.6 is 0 Å². The van der Waals surface area contributed by atoms with E-state index in [-0.39, 0.29) is 12.1 Å². The fraction of sp³-hybridized carbons (Fsp3) is 0.647. The topological polar surface area (TPSA) is 53.7 Å². The number of hydrogen-bond donors (Lipinski definition) is 1. The first-order chi connectivity index (χ1) is 10.1. The minimum atomic E-state index is 0.186. The molecule has 0 fully saturated rings. The molecule has 0 aliphatic rings. The Morgan fingerprint density at radius 1 is 1.05 bits per heavy atom. The Labute approximate surface area is 128 Å². The summed E-state index contributed by atoms with van der Waals surface area (Å²) in [6, 6.07) is 6.22. The highest BCUT2D eigenvalue weighted by Gasteiger charge is 2.09. The average molecular weight is 295 g/mol. The minimum absolute atomic E-state index is 0.186. The van der Waals surface area contributed by atoms with Gasteiger partial charge < -0.3 is 19.9 Å². The summed E-state index contributed by atoms with van der Waals surface area (Å²) in [5, 5.41) is 0. The molecule has 0 amide bonds. The van der Waals surface area contributed by atoms with E-state index in [2.05, 4.69) is 13.0 Å². The molecule has 2 N–H and O–H groups in total. The van der Waals surface area contributed by atoms with Crippen molar-refractivity contribution in [3.63, 3.8) is 0 Å². The van der Waals surface area contributed by atoms with E-state index in [1.54, 1.807) is 0 Å². The molecular formula is C17H29NO3. The van der Waals surface area contributed by atoms with E-state index in [0.29, 0.717) is 19.8 Å².